The summed E-state index contributed by atoms with van der Waals surface area (Å²) in [4.78, 5) is -0.152. The number of anilines is 1. The summed E-state index contributed by atoms with van der Waals surface area (Å²) in [6, 6.07) is 3.84. The van der Waals surface area contributed by atoms with Crippen molar-refractivity contribution in [2.75, 3.05) is 18.8 Å². The van der Waals surface area contributed by atoms with E-state index in [0.29, 0.717) is 13.1 Å². The van der Waals surface area contributed by atoms with E-state index in [4.69, 9.17) is 5.73 Å². The van der Waals surface area contributed by atoms with Crippen LogP contribution < -0.4 is 5.73 Å². The van der Waals surface area contributed by atoms with Gasteiger partial charge < -0.3 is 5.73 Å². The molecule has 1 aromatic rings. The smallest absolute Gasteiger partial charge is 0.245 e. The molecule has 0 atom stereocenters. The van der Waals surface area contributed by atoms with E-state index >= 15 is 0 Å². The van der Waals surface area contributed by atoms with E-state index in [2.05, 4.69) is 0 Å². The van der Waals surface area contributed by atoms with Crippen LogP contribution in [0.1, 0.15) is 26.7 Å². The molecule has 0 spiro atoms. The van der Waals surface area contributed by atoms with Crippen LogP contribution in [0.3, 0.4) is 0 Å². The second-order valence-electron chi connectivity index (χ2n) is 4.00. The summed E-state index contributed by atoms with van der Waals surface area (Å²) in [5.41, 5.74) is 5.20. The number of benzene rings is 1. The van der Waals surface area contributed by atoms with E-state index in [9.17, 15) is 12.8 Å². The van der Waals surface area contributed by atoms with Gasteiger partial charge in [0, 0.05) is 13.1 Å². The molecule has 0 heterocycles. The fourth-order valence-electron chi connectivity index (χ4n) is 1.66. The Bertz CT molecular complexity index is 503. The van der Waals surface area contributed by atoms with E-state index < -0.39 is 15.8 Å². The number of nitrogens with two attached hydrogens (primary N) is 1. The highest BCUT2D eigenvalue weighted by Crippen LogP contribution is 2.24. The molecule has 0 fully saturated rings. The molecular formula is C12H19FN2O2S. The SMILES string of the molecule is CCCCN(CC)S(=O)(=O)c1cccc(F)c1N. The van der Waals surface area contributed by atoms with E-state index in [0.717, 1.165) is 18.9 Å². The lowest BCUT2D eigenvalue weighted by molar-refractivity contribution is 0.419. The fourth-order valence-corrected chi connectivity index (χ4v) is 3.28. The van der Waals surface area contributed by atoms with Crippen LogP contribution in [0.4, 0.5) is 10.1 Å². The Hall–Kier alpha value is -1.14. The van der Waals surface area contributed by atoms with E-state index in [1.807, 2.05) is 6.92 Å². The zero-order valence-corrected chi connectivity index (χ0v) is 11.5. The Balaban J connectivity index is 3.15. The summed E-state index contributed by atoms with van der Waals surface area (Å²) in [6.45, 7) is 4.50. The van der Waals surface area contributed by atoms with Gasteiger partial charge in [-0.05, 0) is 18.6 Å². The van der Waals surface area contributed by atoms with E-state index in [1.165, 1.54) is 16.4 Å². The van der Waals surface area contributed by atoms with Gasteiger partial charge in [0.1, 0.15) is 10.7 Å². The van der Waals surface area contributed by atoms with Gasteiger partial charge in [-0.1, -0.05) is 26.3 Å². The van der Waals surface area contributed by atoms with Crippen LogP contribution >= 0.6 is 0 Å². The minimum atomic E-state index is -3.71. The highest BCUT2D eigenvalue weighted by Gasteiger charge is 2.25. The van der Waals surface area contributed by atoms with Crippen LogP contribution in [-0.2, 0) is 10.0 Å². The van der Waals surface area contributed by atoms with Crippen molar-refractivity contribution in [1.82, 2.24) is 4.31 Å². The molecule has 2 N–H and O–H groups in total. The number of rotatable bonds is 6. The van der Waals surface area contributed by atoms with Gasteiger partial charge in [0.15, 0.2) is 0 Å². The molecule has 1 rings (SSSR count). The predicted molar refractivity (Wildman–Crippen MR) is 70.2 cm³/mol. The summed E-state index contributed by atoms with van der Waals surface area (Å²) >= 11 is 0. The van der Waals surface area contributed by atoms with Crippen LogP contribution in [0.15, 0.2) is 23.1 Å². The predicted octanol–water partition coefficient (Wildman–Crippen LogP) is 2.22. The Morgan fingerprint density at radius 3 is 2.56 bits per heavy atom. The van der Waals surface area contributed by atoms with Crippen molar-refractivity contribution in [2.24, 2.45) is 0 Å². The van der Waals surface area contributed by atoms with Gasteiger partial charge in [-0.15, -0.1) is 0 Å². The molecule has 0 radical (unpaired) electrons. The number of halogens is 1. The van der Waals surface area contributed by atoms with E-state index in [-0.39, 0.29) is 10.6 Å². The summed E-state index contributed by atoms with van der Waals surface area (Å²) in [5.74, 6) is -0.706. The second kappa shape index (κ2) is 6.15. The molecule has 0 aliphatic carbocycles. The highest BCUT2D eigenvalue weighted by atomic mass is 32.2. The zero-order chi connectivity index (χ0) is 13.8. The summed E-state index contributed by atoms with van der Waals surface area (Å²) in [7, 11) is -3.71. The summed E-state index contributed by atoms with van der Waals surface area (Å²) in [5, 5.41) is 0. The highest BCUT2D eigenvalue weighted by molar-refractivity contribution is 7.89. The lowest BCUT2D eigenvalue weighted by Gasteiger charge is -2.21. The Morgan fingerprint density at radius 1 is 1.33 bits per heavy atom. The molecule has 0 bridgehead atoms. The van der Waals surface area contributed by atoms with Gasteiger partial charge >= 0.3 is 0 Å². The summed E-state index contributed by atoms with van der Waals surface area (Å²) in [6.07, 6.45) is 1.66. The quantitative estimate of drug-likeness (QED) is 0.809. The first-order valence-electron chi connectivity index (χ1n) is 5.99. The molecule has 0 aliphatic rings. The van der Waals surface area contributed by atoms with Gasteiger partial charge in [0.2, 0.25) is 10.0 Å². The Kier molecular flexibility index (Phi) is 5.10. The van der Waals surface area contributed by atoms with Gasteiger partial charge in [-0.2, -0.15) is 4.31 Å². The van der Waals surface area contributed by atoms with Crippen molar-refractivity contribution in [3.05, 3.63) is 24.0 Å². The third-order valence-corrected chi connectivity index (χ3v) is 4.78. The molecule has 0 amide bonds. The van der Waals surface area contributed by atoms with Crippen LogP contribution in [-0.4, -0.2) is 25.8 Å². The Morgan fingerprint density at radius 2 is 2.00 bits per heavy atom. The molecule has 4 nitrogen and oxygen atoms in total. The van der Waals surface area contributed by atoms with Crippen molar-refractivity contribution < 1.29 is 12.8 Å². The number of hydrogen-bond acceptors (Lipinski definition) is 3. The molecule has 0 saturated carbocycles. The third-order valence-electron chi connectivity index (χ3n) is 2.74. The van der Waals surface area contributed by atoms with Crippen LogP contribution in [0.5, 0.6) is 0 Å². The number of hydrogen-bond donors (Lipinski definition) is 1. The van der Waals surface area contributed by atoms with Crippen molar-refractivity contribution in [3.63, 3.8) is 0 Å². The molecular weight excluding hydrogens is 255 g/mol. The van der Waals surface area contributed by atoms with Gasteiger partial charge in [0.25, 0.3) is 0 Å². The first kappa shape index (κ1) is 14.9. The van der Waals surface area contributed by atoms with Crippen molar-refractivity contribution in [2.45, 2.75) is 31.6 Å². The van der Waals surface area contributed by atoms with Crippen LogP contribution in [0.2, 0.25) is 0 Å². The second-order valence-corrected chi connectivity index (χ2v) is 5.91. The standard InChI is InChI=1S/C12H19FN2O2S/c1-3-5-9-15(4-2)18(16,17)11-8-6-7-10(13)12(11)14/h6-8H,3-5,9,14H2,1-2H3. The topological polar surface area (TPSA) is 63.4 Å². The van der Waals surface area contributed by atoms with E-state index in [1.54, 1.807) is 6.92 Å². The lowest BCUT2D eigenvalue weighted by Crippen LogP contribution is -2.32. The van der Waals surface area contributed by atoms with Crippen molar-refractivity contribution in [3.8, 4) is 0 Å². The maximum Gasteiger partial charge on any atom is 0.245 e. The average molecular weight is 274 g/mol. The number of nitrogen functional groups attached to an aromatic ring is 1. The van der Waals surface area contributed by atoms with Gasteiger partial charge in [-0.3, -0.25) is 0 Å². The lowest BCUT2D eigenvalue weighted by atomic mass is 10.3. The molecule has 102 valence electrons. The molecule has 0 saturated heterocycles. The average Bonchev–Trinajstić information content (AvgIpc) is 2.33. The first-order valence-corrected chi connectivity index (χ1v) is 7.43. The van der Waals surface area contributed by atoms with Gasteiger partial charge in [-0.25, -0.2) is 12.8 Å². The molecule has 0 unspecified atom stereocenters. The molecule has 0 aromatic heterocycles. The Labute approximate surface area is 108 Å². The largest absolute Gasteiger partial charge is 0.395 e. The number of sulfonamides is 1. The summed E-state index contributed by atoms with van der Waals surface area (Å²) < 4.78 is 39.3. The normalized spacial score (nSPS) is 12.0. The van der Waals surface area contributed by atoms with Crippen LogP contribution in [0.25, 0.3) is 0 Å². The first-order chi connectivity index (χ1) is 8.45. The van der Waals surface area contributed by atoms with Crippen LogP contribution in [0, 0.1) is 5.82 Å². The minimum Gasteiger partial charge on any atom is -0.395 e. The number of nitrogens with zero attached hydrogens (tertiary/aromatic N) is 1. The van der Waals surface area contributed by atoms with Crippen molar-refractivity contribution in [1.29, 1.82) is 0 Å². The third kappa shape index (κ3) is 3.00. The molecule has 18 heavy (non-hydrogen) atoms. The van der Waals surface area contributed by atoms with Crippen molar-refractivity contribution >= 4 is 15.7 Å². The monoisotopic (exact) mass is 274 g/mol. The molecule has 0 aliphatic heterocycles. The van der Waals surface area contributed by atoms with Gasteiger partial charge in [0.05, 0.1) is 5.69 Å². The minimum absolute atomic E-state index is 0.152. The molecule has 1 aromatic carbocycles. The fraction of sp³-hybridized carbons (Fsp3) is 0.500. The maximum atomic E-state index is 13.3. The molecule has 6 heteroatoms. The number of para-hydroxylation sites is 1. The number of unbranched alkanes of at least 4 members (excludes halogenated alkanes) is 1. The zero-order valence-electron chi connectivity index (χ0n) is 10.7. The maximum absolute atomic E-state index is 13.3.